The molecule has 1 unspecified atom stereocenters. The predicted octanol–water partition coefficient (Wildman–Crippen LogP) is 4.00. The number of hydrogen-bond donors (Lipinski definition) is 1. The molecule has 1 amide bonds. The number of imidazole rings is 1. The molecular weight excluding hydrogens is 354 g/mol. The smallest absolute Gasteiger partial charge is 0.288 e. The van der Waals surface area contributed by atoms with Crippen molar-refractivity contribution in [1.29, 1.82) is 0 Å². The van der Waals surface area contributed by atoms with Gasteiger partial charge in [-0.05, 0) is 19.1 Å². The predicted molar refractivity (Wildman–Crippen MR) is 106 cm³/mol. The lowest BCUT2D eigenvalue weighted by Gasteiger charge is -2.21. The molecule has 0 spiro atoms. The maximum absolute atomic E-state index is 13.1. The van der Waals surface area contributed by atoms with Crippen molar-refractivity contribution in [2.45, 2.75) is 13.0 Å². The van der Waals surface area contributed by atoms with Gasteiger partial charge >= 0.3 is 0 Å². The number of nitrogens with one attached hydrogen (secondary N) is 1. The fourth-order valence-corrected chi connectivity index (χ4v) is 3.43. The number of methoxy groups -OCH3 is 1. The average Bonchev–Trinajstić information content (AvgIpc) is 3.29. The quantitative estimate of drug-likeness (QED) is 0.572. The van der Waals surface area contributed by atoms with Crippen LogP contribution in [0.2, 0.25) is 0 Å². The Bertz CT molecular complexity index is 1140. The molecule has 0 radical (unpaired) electrons. The largest absolute Gasteiger partial charge is 0.496 e. The molecule has 28 heavy (non-hydrogen) atoms. The lowest BCUT2D eigenvalue weighted by Crippen LogP contribution is -2.31. The van der Waals surface area contributed by atoms with Crippen molar-refractivity contribution in [3.63, 3.8) is 0 Å². The number of aryl methyl sites for hydroxylation is 2. The molecule has 4 aromatic rings. The number of furan rings is 1. The highest BCUT2D eigenvalue weighted by atomic mass is 16.5. The van der Waals surface area contributed by atoms with E-state index in [1.165, 1.54) is 0 Å². The van der Waals surface area contributed by atoms with Crippen LogP contribution in [0.25, 0.3) is 11.0 Å². The summed E-state index contributed by atoms with van der Waals surface area (Å²) in [7, 11) is 3.50. The van der Waals surface area contributed by atoms with E-state index in [2.05, 4.69) is 10.3 Å². The molecule has 0 aliphatic heterocycles. The highest BCUT2D eigenvalue weighted by Gasteiger charge is 2.27. The number of carbonyl (C=O) groups is 1. The van der Waals surface area contributed by atoms with Crippen LogP contribution < -0.4 is 10.1 Å². The molecule has 0 aliphatic rings. The first-order valence-electron chi connectivity index (χ1n) is 8.99. The second-order valence-corrected chi connectivity index (χ2v) is 6.60. The lowest BCUT2D eigenvalue weighted by molar-refractivity contribution is 0.0914. The normalized spacial score (nSPS) is 12.1. The van der Waals surface area contributed by atoms with Crippen LogP contribution in [0.5, 0.6) is 5.75 Å². The zero-order valence-electron chi connectivity index (χ0n) is 16.0. The van der Waals surface area contributed by atoms with E-state index in [9.17, 15) is 4.79 Å². The monoisotopic (exact) mass is 375 g/mol. The maximum Gasteiger partial charge on any atom is 0.288 e. The summed E-state index contributed by atoms with van der Waals surface area (Å²) in [5.74, 6) is 1.38. The molecule has 0 bridgehead atoms. The average molecular weight is 375 g/mol. The van der Waals surface area contributed by atoms with Crippen LogP contribution >= 0.6 is 0 Å². The van der Waals surface area contributed by atoms with Crippen molar-refractivity contribution >= 4 is 16.9 Å². The number of para-hydroxylation sites is 2. The summed E-state index contributed by atoms with van der Waals surface area (Å²) in [5, 5.41) is 4.00. The van der Waals surface area contributed by atoms with Crippen LogP contribution in [0.15, 0.2) is 65.3 Å². The first kappa shape index (κ1) is 17.9. The minimum absolute atomic E-state index is 0.299. The van der Waals surface area contributed by atoms with Crippen LogP contribution in [-0.4, -0.2) is 22.6 Å². The summed E-state index contributed by atoms with van der Waals surface area (Å²) in [6.07, 6.45) is 3.55. The Hall–Kier alpha value is -3.54. The van der Waals surface area contributed by atoms with Gasteiger partial charge in [0.2, 0.25) is 0 Å². The second-order valence-electron chi connectivity index (χ2n) is 6.60. The number of benzene rings is 2. The summed E-state index contributed by atoms with van der Waals surface area (Å²) in [4.78, 5) is 17.6. The van der Waals surface area contributed by atoms with E-state index >= 15 is 0 Å². The Labute approximate surface area is 162 Å². The molecular formula is C22H21N3O3. The van der Waals surface area contributed by atoms with E-state index < -0.39 is 6.04 Å². The second kappa shape index (κ2) is 7.23. The van der Waals surface area contributed by atoms with Gasteiger partial charge < -0.3 is 19.0 Å². The molecule has 6 heteroatoms. The Balaban J connectivity index is 1.76. The molecule has 1 atom stereocenters. The van der Waals surface area contributed by atoms with Gasteiger partial charge in [-0.1, -0.05) is 36.4 Å². The lowest BCUT2D eigenvalue weighted by atomic mass is 10.0. The molecule has 6 nitrogen and oxygen atoms in total. The first-order valence-corrected chi connectivity index (χ1v) is 8.99. The molecule has 0 saturated carbocycles. The number of nitrogens with zero attached hydrogens (tertiary/aromatic N) is 2. The first-order chi connectivity index (χ1) is 13.6. The Morgan fingerprint density at radius 1 is 1.18 bits per heavy atom. The third-order valence-corrected chi connectivity index (χ3v) is 4.89. The Morgan fingerprint density at radius 2 is 1.93 bits per heavy atom. The van der Waals surface area contributed by atoms with Crippen molar-refractivity contribution in [3.05, 3.63) is 83.6 Å². The third kappa shape index (κ3) is 3.03. The van der Waals surface area contributed by atoms with E-state index in [1.54, 1.807) is 13.3 Å². The number of amides is 1. The van der Waals surface area contributed by atoms with Crippen LogP contribution in [0.3, 0.4) is 0 Å². The van der Waals surface area contributed by atoms with Crippen LogP contribution in [0.4, 0.5) is 0 Å². The summed E-state index contributed by atoms with van der Waals surface area (Å²) in [5.41, 5.74) is 2.32. The summed E-state index contributed by atoms with van der Waals surface area (Å²) in [6.45, 7) is 1.89. The van der Waals surface area contributed by atoms with Crippen molar-refractivity contribution in [2.24, 2.45) is 7.05 Å². The molecule has 142 valence electrons. The van der Waals surface area contributed by atoms with E-state index in [4.69, 9.17) is 9.15 Å². The van der Waals surface area contributed by atoms with Crippen LogP contribution in [0, 0.1) is 6.92 Å². The van der Waals surface area contributed by atoms with Gasteiger partial charge in [-0.25, -0.2) is 4.98 Å². The van der Waals surface area contributed by atoms with E-state index in [1.807, 2.05) is 73.3 Å². The summed E-state index contributed by atoms with van der Waals surface area (Å²) < 4.78 is 13.2. The minimum atomic E-state index is -0.490. The molecule has 0 fully saturated rings. The zero-order chi connectivity index (χ0) is 19.7. The molecule has 1 N–H and O–H groups in total. The van der Waals surface area contributed by atoms with E-state index in [-0.39, 0.29) is 5.91 Å². The molecule has 2 heterocycles. The zero-order valence-corrected chi connectivity index (χ0v) is 16.0. The van der Waals surface area contributed by atoms with Gasteiger partial charge in [-0.15, -0.1) is 0 Å². The van der Waals surface area contributed by atoms with Crippen LogP contribution in [-0.2, 0) is 7.05 Å². The third-order valence-electron chi connectivity index (χ3n) is 4.89. The number of ether oxygens (including phenoxy) is 1. The van der Waals surface area contributed by atoms with Crippen molar-refractivity contribution in [3.8, 4) is 5.75 Å². The van der Waals surface area contributed by atoms with Crippen molar-refractivity contribution in [2.75, 3.05) is 7.11 Å². The van der Waals surface area contributed by atoms with Gasteiger partial charge in [-0.2, -0.15) is 0 Å². The molecule has 0 saturated heterocycles. The topological polar surface area (TPSA) is 69.3 Å². The fraction of sp³-hybridized carbons (Fsp3) is 0.182. The number of fused-ring (bicyclic) bond motifs is 1. The maximum atomic E-state index is 13.1. The van der Waals surface area contributed by atoms with E-state index in [0.717, 1.165) is 16.5 Å². The van der Waals surface area contributed by atoms with Crippen molar-refractivity contribution < 1.29 is 13.9 Å². The molecule has 4 rings (SSSR count). The van der Waals surface area contributed by atoms with Gasteiger partial charge in [0.15, 0.2) is 5.76 Å². The van der Waals surface area contributed by atoms with Gasteiger partial charge in [0.05, 0.1) is 7.11 Å². The molecule has 2 aromatic heterocycles. The molecule has 0 aliphatic carbocycles. The number of hydrogen-bond acceptors (Lipinski definition) is 4. The van der Waals surface area contributed by atoms with E-state index in [0.29, 0.717) is 22.9 Å². The van der Waals surface area contributed by atoms with Gasteiger partial charge in [0, 0.05) is 36.0 Å². The minimum Gasteiger partial charge on any atom is -0.496 e. The standard InChI is InChI=1S/C22H21N3O3/c1-14-15-8-4-7-11-18(15)28-20(14)22(26)24-19(21-23-12-13-25(21)2)16-9-5-6-10-17(16)27-3/h4-13,19H,1-3H3,(H,24,26). The number of rotatable bonds is 5. The summed E-state index contributed by atoms with van der Waals surface area (Å²) in [6, 6.07) is 14.7. The number of aromatic nitrogens is 2. The number of carbonyl (C=O) groups excluding carboxylic acids is 1. The molecule has 2 aromatic carbocycles. The Morgan fingerprint density at radius 3 is 2.64 bits per heavy atom. The highest BCUT2D eigenvalue weighted by Crippen LogP contribution is 2.30. The highest BCUT2D eigenvalue weighted by molar-refractivity contribution is 5.99. The van der Waals surface area contributed by atoms with Crippen LogP contribution in [0.1, 0.15) is 33.5 Å². The van der Waals surface area contributed by atoms with Gasteiger partial charge in [-0.3, -0.25) is 4.79 Å². The summed E-state index contributed by atoms with van der Waals surface area (Å²) >= 11 is 0. The van der Waals surface area contributed by atoms with Gasteiger partial charge in [0.25, 0.3) is 5.91 Å². The SMILES string of the molecule is COc1ccccc1C(NC(=O)c1oc2ccccc2c1C)c1nccn1C. The van der Waals surface area contributed by atoms with Gasteiger partial charge in [0.1, 0.15) is 23.2 Å². The fourth-order valence-electron chi connectivity index (χ4n) is 3.43. The van der Waals surface area contributed by atoms with Crippen molar-refractivity contribution in [1.82, 2.24) is 14.9 Å². The Kier molecular flexibility index (Phi) is 4.61.